The Balaban J connectivity index is 1.51. The standard InChI is InChI=1S/C24H30ClFN2/c1-15(2)17-8-20-14-28(7-5-22(20)24(26)11-17)13-16(3)18-9-19-12-27-6-4-21(19)23(25)10-18/h8-11,15-16,27H,4-7,12-14H2,1-3H3. The van der Waals surface area contributed by atoms with E-state index < -0.39 is 0 Å². The molecular weight excluding hydrogens is 371 g/mol. The van der Waals surface area contributed by atoms with Crippen LogP contribution in [0.3, 0.4) is 0 Å². The molecule has 150 valence electrons. The van der Waals surface area contributed by atoms with Crippen molar-refractivity contribution < 1.29 is 4.39 Å². The van der Waals surface area contributed by atoms with E-state index in [-0.39, 0.29) is 5.82 Å². The highest BCUT2D eigenvalue weighted by molar-refractivity contribution is 6.31. The van der Waals surface area contributed by atoms with Gasteiger partial charge in [0.05, 0.1) is 0 Å². The van der Waals surface area contributed by atoms with Gasteiger partial charge >= 0.3 is 0 Å². The lowest BCUT2D eigenvalue weighted by atomic mass is 9.90. The molecule has 0 bridgehead atoms. The van der Waals surface area contributed by atoms with E-state index >= 15 is 0 Å². The van der Waals surface area contributed by atoms with Gasteiger partial charge in [0.2, 0.25) is 0 Å². The number of nitrogens with zero attached hydrogens (tertiary/aromatic N) is 1. The third kappa shape index (κ3) is 3.98. The average Bonchev–Trinajstić information content (AvgIpc) is 2.67. The van der Waals surface area contributed by atoms with Gasteiger partial charge in [0.15, 0.2) is 0 Å². The van der Waals surface area contributed by atoms with Crippen LogP contribution in [0.2, 0.25) is 5.02 Å². The first-order valence-corrected chi connectivity index (χ1v) is 10.9. The Bertz CT molecular complexity index is 877. The van der Waals surface area contributed by atoms with Gasteiger partial charge in [-0.2, -0.15) is 0 Å². The number of fused-ring (bicyclic) bond motifs is 2. The number of halogens is 2. The fourth-order valence-electron chi connectivity index (χ4n) is 4.59. The summed E-state index contributed by atoms with van der Waals surface area (Å²) >= 11 is 6.58. The van der Waals surface area contributed by atoms with Crippen LogP contribution in [0.25, 0.3) is 0 Å². The fraction of sp³-hybridized carbons (Fsp3) is 0.500. The minimum absolute atomic E-state index is 0.0251. The van der Waals surface area contributed by atoms with Gasteiger partial charge in [-0.3, -0.25) is 4.90 Å². The van der Waals surface area contributed by atoms with Crippen molar-refractivity contribution in [3.8, 4) is 0 Å². The number of rotatable bonds is 4. The SMILES string of the molecule is CC(C)c1cc(F)c2c(c1)CN(CC(C)c1cc(Cl)c3c(c1)CNCC3)CC2. The van der Waals surface area contributed by atoms with Crippen molar-refractivity contribution >= 4 is 11.6 Å². The second-order valence-corrected chi connectivity index (χ2v) is 9.16. The molecule has 0 saturated carbocycles. The molecule has 0 radical (unpaired) electrons. The summed E-state index contributed by atoms with van der Waals surface area (Å²) in [6.45, 7) is 11.1. The fourth-order valence-corrected chi connectivity index (χ4v) is 4.93. The highest BCUT2D eigenvalue weighted by atomic mass is 35.5. The number of hydrogen-bond donors (Lipinski definition) is 1. The van der Waals surface area contributed by atoms with Gasteiger partial charge in [-0.15, -0.1) is 0 Å². The molecule has 2 aromatic carbocycles. The topological polar surface area (TPSA) is 15.3 Å². The van der Waals surface area contributed by atoms with Gasteiger partial charge in [0.25, 0.3) is 0 Å². The summed E-state index contributed by atoms with van der Waals surface area (Å²) in [5.74, 6) is 0.715. The predicted octanol–water partition coefficient (Wildman–Crippen LogP) is 5.41. The van der Waals surface area contributed by atoms with E-state index in [1.165, 1.54) is 16.7 Å². The predicted molar refractivity (Wildman–Crippen MR) is 115 cm³/mol. The molecule has 0 fully saturated rings. The number of nitrogens with one attached hydrogen (secondary N) is 1. The Morgan fingerprint density at radius 2 is 1.82 bits per heavy atom. The van der Waals surface area contributed by atoms with Gasteiger partial charge in [-0.25, -0.2) is 4.39 Å². The third-order valence-corrected chi connectivity index (χ3v) is 6.66. The second kappa shape index (κ2) is 8.14. The first kappa shape index (κ1) is 19.9. The Hall–Kier alpha value is -1.42. The highest BCUT2D eigenvalue weighted by Gasteiger charge is 2.23. The number of benzene rings is 2. The van der Waals surface area contributed by atoms with Crippen molar-refractivity contribution in [1.29, 1.82) is 0 Å². The summed E-state index contributed by atoms with van der Waals surface area (Å²) in [4.78, 5) is 2.46. The molecule has 2 aliphatic heterocycles. The maximum atomic E-state index is 14.5. The zero-order valence-corrected chi connectivity index (χ0v) is 17.9. The molecule has 2 aromatic rings. The molecular formula is C24H30ClFN2. The molecule has 2 aliphatic rings. The smallest absolute Gasteiger partial charge is 0.127 e. The lowest BCUT2D eigenvalue weighted by molar-refractivity contribution is 0.239. The molecule has 0 spiro atoms. The van der Waals surface area contributed by atoms with Crippen LogP contribution in [0.4, 0.5) is 4.39 Å². The van der Waals surface area contributed by atoms with E-state index in [4.69, 9.17) is 11.6 Å². The molecule has 0 aromatic heterocycles. The van der Waals surface area contributed by atoms with Crippen LogP contribution in [0.5, 0.6) is 0 Å². The summed E-state index contributed by atoms with van der Waals surface area (Å²) < 4.78 is 14.5. The molecule has 4 rings (SSSR count). The average molecular weight is 401 g/mol. The zero-order chi connectivity index (χ0) is 19.8. The van der Waals surface area contributed by atoms with E-state index in [2.05, 4.69) is 49.2 Å². The quantitative estimate of drug-likeness (QED) is 0.738. The van der Waals surface area contributed by atoms with Crippen molar-refractivity contribution in [2.75, 3.05) is 19.6 Å². The van der Waals surface area contributed by atoms with E-state index in [0.717, 1.165) is 67.3 Å². The van der Waals surface area contributed by atoms with Crippen molar-refractivity contribution in [2.45, 2.75) is 58.5 Å². The normalized spacial score (nSPS) is 18.1. The van der Waals surface area contributed by atoms with E-state index in [1.807, 2.05) is 0 Å². The van der Waals surface area contributed by atoms with Crippen LogP contribution in [0, 0.1) is 5.82 Å². The van der Waals surface area contributed by atoms with E-state index in [1.54, 1.807) is 6.07 Å². The maximum absolute atomic E-state index is 14.5. The van der Waals surface area contributed by atoms with E-state index in [0.29, 0.717) is 11.8 Å². The highest BCUT2D eigenvalue weighted by Crippen LogP contribution is 2.31. The lowest BCUT2D eigenvalue weighted by Crippen LogP contribution is -2.34. The van der Waals surface area contributed by atoms with Crippen LogP contribution in [0.15, 0.2) is 24.3 Å². The summed E-state index contributed by atoms with van der Waals surface area (Å²) in [6, 6.07) is 8.42. The molecule has 1 N–H and O–H groups in total. The summed E-state index contributed by atoms with van der Waals surface area (Å²) in [6.07, 6.45) is 1.80. The Labute approximate surface area is 173 Å². The van der Waals surface area contributed by atoms with Crippen LogP contribution in [-0.2, 0) is 25.9 Å². The first-order valence-electron chi connectivity index (χ1n) is 10.5. The van der Waals surface area contributed by atoms with Gasteiger partial charge in [-0.1, -0.05) is 44.5 Å². The largest absolute Gasteiger partial charge is 0.312 e. The Morgan fingerprint density at radius 1 is 1.04 bits per heavy atom. The molecule has 1 atom stereocenters. The first-order chi connectivity index (χ1) is 13.4. The molecule has 28 heavy (non-hydrogen) atoms. The molecule has 4 heteroatoms. The van der Waals surface area contributed by atoms with E-state index in [9.17, 15) is 4.39 Å². The van der Waals surface area contributed by atoms with Gasteiger partial charge in [0.1, 0.15) is 5.82 Å². The molecule has 0 amide bonds. The molecule has 2 nitrogen and oxygen atoms in total. The molecule has 0 aliphatic carbocycles. The second-order valence-electron chi connectivity index (χ2n) is 8.75. The van der Waals surface area contributed by atoms with Gasteiger partial charge < -0.3 is 5.32 Å². The third-order valence-electron chi connectivity index (χ3n) is 6.33. The van der Waals surface area contributed by atoms with Gasteiger partial charge in [-0.05, 0) is 76.7 Å². The lowest BCUT2D eigenvalue weighted by Gasteiger charge is -2.32. The Morgan fingerprint density at radius 3 is 2.61 bits per heavy atom. The van der Waals surface area contributed by atoms with Crippen LogP contribution in [0.1, 0.15) is 66.0 Å². The molecule has 1 unspecified atom stereocenters. The summed E-state index contributed by atoms with van der Waals surface area (Å²) in [5, 5.41) is 4.35. The number of hydrogen-bond acceptors (Lipinski definition) is 2. The minimum Gasteiger partial charge on any atom is -0.312 e. The Kier molecular flexibility index (Phi) is 5.78. The van der Waals surface area contributed by atoms with Crippen molar-refractivity contribution in [2.24, 2.45) is 0 Å². The van der Waals surface area contributed by atoms with Crippen molar-refractivity contribution in [3.05, 3.63) is 68.5 Å². The monoisotopic (exact) mass is 400 g/mol. The maximum Gasteiger partial charge on any atom is 0.127 e. The molecule has 2 heterocycles. The van der Waals surface area contributed by atoms with Gasteiger partial charge in [0, 0.05) is 31.2 Å². The summed E-state index contributed by atoms with van der Waals surface area (Å²) in [7, 11) is 0. The zero-order valence-electron chi connectivity index (χ0n) is 17.1. The summed E-state index contributed by atoms with van der Waals surface area (Å²) in [5.41, 5.74) is 7.12. The van der Waals surface area contributed by atoms with Crippen LogP contribution < -0.4 is 5.32 Å². The van der Waals surface area contributed by atoms with Crippen molar-refractivity contribution in [1.82, 2.24) is 10.2 Å². The molecule has 0 saturated heterocycles. The van der Waals surface area contributed by atoms with Crippen LogP contribution in [-0.4, -0.2) is 24.5 Å². The minimum atomic E-state index is -0.0251. The van der Waals surface area contributed by atoms with Crippen molar-refractivity contribution in [3.63, 3.8) is 0 Å². The van der Waals surface area contributed by atoms with Crippen LogP contribution >= 0.6 is 11.6 Å².